The Balaban J connectivity index is 1.88. The Morgan fingerprint density at radius 2 is 2.03 bits per heavy atom. The summed E-state index contributed by atoms with van der Waals surface area (Å²) in [5, 5.41) is 12.9. The van der Waals surface area contributed by atoms with Crippen molar-refractivity contribution < 1.29 is 14.7 Å². The van der Waals surface area contributed by atoms with Gasteiger partial charge in [0.1, 0.15) is 28.5 Å². The van der Waals surface area contributed by atoms with E-state index in [0.29, 0.717) is 29.3 Å². The molecule has 0 radical (unpaired) electrons. The number of aryl methyl sites for hydroxylation is 1. The zero-order chi connectivity index (χ0) is 23.2. The van der Waals surface area contributed by atoms with Crippen LogP contribution in [0.4, 0.5) is 11.6 Å². The van der Waals surface area contributed by atoms with Crippen LogP contribution in [0.3, 0.4) is 0 Å². The Hall–Kier alpha value is -3.82. The van der Waals surface area contributed by atoms with Gasteiger partial charge in [-0.25, -0.2) is 9.97 Å². The summed E-state index contributed by atoms with van der Waals surface area (Å²) < 4.78 is 1.61. The molecule has 3 heterocycles. The standard InChI is InChI=1S/C22H27N7O3/c1-11-6-7-14(30)12(2)18(11)29-19(23)16(20(24)31)17-21(29)26-9-15(27-17)28-8-4-5-13(10-28)22(32)25-3/h6-7,9,13,30H,4-5,8,10,23H2,1-3H3,(H2,24,31)(H,25,32)/t13-/m0/s1. The number of carbonyl (C=O) groups is 2. The smallest absolute Gasteiger partial charge is 0.254 e. The molecule has 2 aromatic heterocycles. The Labute approximate surface area is 185 Å². The third kappa shape index (κ3) is 3.37. The second-order valence-electron chi connectivity index (χ2n) is 8.13. The highest BCUT2D eigenvalue weighted by atomic mass is 16.3. The van der Waals surface area contributed by atoms with Gasteiger partial charge in [0.2, 0.25) is 5.91 Å². The molecule has 10 heteroatoms. The van der Waals surface area contributed by atoms with Gasteiger partial charge in [0, 0.05) is 25.7 Å². The average molecular weight is 438 g/mol. The van der Waals surface area contributed by atoms with Crippen LogP contribution in [0, 0.1) is 19.8 Å². The topological polar surface area (TPSA) is 152 Å². The first-order valence-corrected chi connectivity index (χ1v) is 10.5. The molecule has 1 aliphatic rings. The van der Waals surface area contributed by atoms with Crippen LogP contribution in [0.2, 0.25) is 0 Å². The minimum atomic E-state index is -0.713. The van der Waals surface area contributed by atoms with Gasteiger partial charge in [0.05, 0.1) is 17.8 Å². The first-order chi connectivity index (χ1) is 15.2. The van der Waals surface area contributed by atoms with E-state index in [1.54, 1.807) is 36.9 Å². The molecule has 6 N–H and O–H groups in total. The molecule has 1 fully saturated rings. The normalized spacial score (nSPS) is 16.3. The van der Waals surface area contributed by atoms with E-state index in [1.807, 2.05) is 11.8 Å². The molecule has 32 heavy (non-hydrogen) atoms. The van der Waals surface area contributed by atoms with Gasteiger partial charge >= 0.3 is 0 Å². The number of primary amides is 1. The van der Waals surface area contributed by atoms with Crippen molar-refractivity contribution in [2.45, 2.75) is 26.7 Å². The Morgan fingerprint density at radius 3 is 2.72 bits per heavy atom. The number of anilines is 2. The Morgan fingerprint density at radius 1 is 1.28 bits per heavy atom. The van der Waals surface area contributed by atoms with E-state index in [-0.39, 0.29) is 34.5 Å². The number of nitrogen functional groups attached to an aromatic ring is 1. The largest absolute Gasteiger partial charge is 0.508 e. The van der Waals surface area contributed by atoms with Crippen molar-refractivity contribution in [3.05, 3.63) is 35.0 Å². The zero-order valence-electron chi connectivity index (χ0n) is 18.3. The van der Waals surface area contributed by atoms with Crippen LogP contribution < -0.4 is 21.7 Å². The molecule has 2 amide bonds. The van der Waals surface area contributed by atoms with Gasteiger partial charge in [-0.05, 0) is 38.3 Å². The minimum Gasteiger partial charge on any atom is -0.508 e. The zero-order valence-corrected chi connectivity index (χ0v) is 18.3. The molecule has 0 unspecified atom stereocenters. The summed E-state index contributed by atoms with van der Waals surface area (Å²) in [6.07, 6.45) is 3.26. The van der Waals surface area contributed by atoms with Crippen molar-refractivity contribution in [3.8, 4) is 11.4 Å². The second-order valence-corrected chi connectivity index (χ2v) is 8.13. The van der Waals surface area contributed by atoms with Crippen molar-refractivity contribution in [1.82, 2.24) is 19.9 Å². The molecule has 0 saturated carbocycles. The van der Waals surface area contributed by atoms with Crippen LogP contribution in [0.1, 0.15) is 34.3 Å². The molecular formula is C22H27N7O3. The number of phenolic OH excluding ortho intramolecular Hbond substituents is 1. The SMILES string of the molecule is CNC(=O)[C@H]1CCCN(c2cnc3c(n2)c(C(N)=O)c(N)n3-c2c(C)ccc(O)c2C)C1. The van der Waals surface area contributed by atoms with Crippen molar-refractivity contribution in [2.24, 2.45) is 11.7 Å². The van der Waals surface area contributed by atoms with Crippen LogP contribution in [0.15, 0.2) is 18.3 Å². The van der Waals surface area contributed by atoms with E-state index < -0.39 is 5.91 Å². The minimum absolute atomic E-state index is 0.00760. The number of rotatable bonds is 4. The third-order valence-electron chi connectivity index (χ3n) is 6.12. The van der Waals surface area contributed by atoms with Crippen LogP contribution in [-0.2, 0) is 4.79 Å². The van der Waals surface area contributed by atoms with Gasteiger partial charge in [-0.1, -0.05) is 6.07 Å². The van der Waals surface area contributed by atoms with Gasteiger partial charge in [-0.2, -0.15) is 0 Å². The summed E-state index contributed by atoms with van der Waals surface area (Å²) in [6, 6.07) is 3.37. The fourth-order valence-corrected chi connectivity index (χ4v) is 4.45. The lowest BCUT2D eigenvalue weighted by Gasteiger charge is -2.32. The molecule has 0 spiro atoms. The maximum Gasteiger partial charge on any atom is 0.254 e. The monoisotopic (exact) mass is 437 g/mol. The van der Waals surface area contributed by atoms with Crippen LogP contribution in [0.25, 0.3) is 16.9 Å². The number of hydrogen-bond acceptors (Lipinski definition) is 7. The average Bonchev–Trinajstić information content (AvgIpc) is 3.07. The lowest BCUT2D eigenvalue weighted by Crippen LogP contribution is -2.42. The number of piperidine rings is 1. The fraction of sp³-hybridized carbons (Fsp3) is 0.364. The number of nitrogens with one attached hydrogen (secondary N) is 1. The molecule has 0 bridgehead atoms. The second kappa shape index (κ2) is 8.03. The van der Waals surface area contributed by atoms with Gasteiger partial charge in [-0.15, -0.1) is 0 Å². The Kier molecular flexibility index (Phi) is 5.37. The van der Waals surface area contributed by atoms with Gasteiger partial charge in [0.25, 0.3) is 5.91 Å². The number of aromatic hydroxyl groups is 1. The third-order valence-corrected chi connectivity index (χ3v) is 6.12. The Bertz CT molecular complexity index is 1230. The fourth-order valence-electron chi connectivity index (χ4n) is 4.45. The molecule has 1 atom stereocenters. The number of hydrogen-bond donors (Lipinski definition) is 4. The number of nitrogens with zero attached hydrogens (tertiary/aromatic N) is 4. The van der Waals surface area contributed by atoms with E-state index in [4.69, 9.17) is 16.5 Å². The lowest BCUT2D eigenvalue weighted by molar-refractivity contribution is -0.124. The summed E-state index contributed by atoms with van der Waals surface area (Å²) in [7, 11) is 1.63. The van der Waals surface area contributed by atoms with Crippen molar-refractivity contribution in [1.29, 1.82) is 0 Å². The summed E-state index contributed by atoms with van der Waals surface area (Å²) in [6.45, 7) is 4.88. The summed E-state index contributed by atoms with van der Waals surface area (Å²) in [5.74, 6) is -0.0972. The maximum atomic E-state index is 12.3. The number of amides is 2. The molecule has 10 nitrogen and oxygen atoms in total. The first-order valence-electron chi connectivity index (χ1n) is 10.5. The van der Waals surface area contributed by atoms with E-state index in [0.717, 1.165) is 24.9 Å². The number of aromatic nitrogens is 3. The number of phenols is 1. The van der Waals surface area contributed by atoms with Crippen molar-refractivity contribution >= 4 is 34.6 Å². The summed E-state index contributed by atoms with van der Waals surface area (Å²) in [5.41, 5.74) is 14.9. The highest BCUT2D eigenvalue weighted by Gasteiger charge is 2.29. The highest BCUT2D eigenvalue weighted by molar-refractivity contribution is 6.09. The van der Waals surface area contributed by atoms with Gasteiger partial charge < -0.3 is 26.8 Å². The predicted octanol–water partition coefficient (Wildman–Crippen LogP) is 1.39. The first kappa shape index (κ1) is 21.4. The quantitative estimate of drug-likeness (QED) is 0.481. The van der Waals surface area contributed by atoms with Crippen molar-refractivity contribution in [3.63, 3.8) is 0 Å². The van der Waals surface area contributed by atoms with E-state index in [1.165, 1.54) is 0 Å². The molecule has 1 aromatic carbocycles. The molecule has 1 saturated heterocycles. The molecular weight excluding hydrogens is 410 g/mol. The van der Waals surface area contributed by atoms with Gasteiger partial charge in [0.15, 0.2) is 5.65 Å². The maximum absolute atomic E-state index is 12.3. The predicted molar refractivity (Wildman–Crippen MR) is 122 cm³/mol. The summed E-state index contributed by atoms with van der Waals surface area (Å²) in [4.78, 5) is 35.7. The van der Waals surface area contributed by atoms with E-state index in [2.05, 4.69) is 10.3 Å². The lowest BCUT2D eigenvalue weighted by atomic mass is 9.97. The molecule has 1 aliphatic heterocycles. The molecule has 0 aliphatic carbocycles. The van der Waals surface area contributed by atoms with Gasteiger partial charge in [-0.3, -0.25) is 14.2 Å². The highest BCUT2D eigenvalue weighted by Crippen LogP contribution is 2.35. The number of nitrogens with two attached hydrogens (primary N) is 2. The van der Waals surface area contributed by atoms with Crippen LogP contribution >= 0.6 is 0 Å². The van der Waals surface area contributed by atoms with Crippen molar-refractivity contribution in [2.75, 3.05) is 30.8 Å². The number of fused-ring (bicyclic) bond motifs is 1. The van der Waals surface area contributed by atoms with Crippen LogP contribution in [0.5, 0.6) is 5.75 Å². The number of benzene rings is 1. The van der Waals surface area contributed by atoms with E-state index >= 15 is 0 Å². The molecule has 168 valence electrons. The van der Waals surface area contributed by atoms with Crippen LogP contribution in [-0.4, -0.2) is 51.6 Å². The summed E-state index contributed by atoms with van der Waals surface area (Å²) >= 11 is 0. The molecule has 4 rings (SSSR count). The van der Waals surface area contributed by atoms with E-state index in [9.17, 15) is 14.7 Å². The molecule has 3 aromatic rings. The number of carbonyl (C=O) groups excluding carboxylic acids is 2.